The van der Waals surface area contributed by atoms with Crippen LogP contribution in [0, 0.1) is 0 Å². The Morgan fingerprint density at radius 3 is 2.67 bits per heavy atom. The van der Waals surface area contributed by atoms with E-state index in [0.717, 1.165) is 34.5 Å². The maximum atomic E-state index is 6.23. The van der Waals surface area contributed by atoms with Crippen molar-refractivity contribution >= 4 is 22.5 Å². The van der Waals surface area contributed by atoms with E-state index in [1.807, 2.05) is 18.2 Å². The van der Waals surface area contributed by atoms with Crippen LogP contribution < -0.4 is 5.73 Å². The summed E-state index contributed by atoms with van der Waals surface area (Å²) in [4.78, 5) is 4.79. The molecule has 0 spiro atoms. The van der Waals surface area contributed by atoms with Crippen molar-refractivity contribution in [3.8, 4) is 0 Å². The van der Waals surface area contributed by atoms with Crippen molar-refractivity contribution < 1.29 is 0 Å². The summed E-state index contributed by atoms with van der Waals surface area (Å²) in [5.74, 6) is 0. The van der Waals surface area contributed by atoms with E-state index in [1.165, 1.54) is 12.8 Å². The fourth-order valence-corrected chi connectivity index (χ4v) is 3.25. The van der Waals surface area contributed by atoms with E-state index in [0.29, 0.717) is 6.54 Å². The van der Waals surface area contributed by atoms with Crippen molar-refractivity contribution in [3.05, 3.63) is 41.0 Å². The summed E-state index contributed by atoms with van der Waals surface area (Å²) in [5, 5.41) is 1.82. The number of para-hydroxylation sites is 1. The predicted octanol–water partition coefficient (Wildman–Crippen LogP) is 3.66. The molecule has 18 heavy (non-hydrogen) atoms. The van der Waals surface area contributed by atoms with Gasteiger partial charge in [-0.2, -0.15) is 0 Å². The maximum absolute atomic E-state index is 6.23. The summed E-state index contributed by atoms with van der Waals surface area (Å²) < 4.78 is 0. The van der Waals surface area contributed by atoms with Crippen LogP contribution >= 0.6 is 11.6 Å². The van der Waals surface area contributed by atoms with Gasteiger partial charge in [0, 0.05) is 23.0 Å². The molecule has 0 saturated heterocycles. The number of pyridine rings is 1. The molecule has 1 aromatic carbocycles. The molecule has 1 heterocycles. The number of hydrogen-bond acceptors (Lipinski definition) is 2. The standard InChI is InChI=1S/C15H17ClN2/c16-12-5-3-4-11-6-7-13(18-14(11)12)15(10-17)8-1-2-9-15/h3-7H,1-2,8-10,17H2. The second-order valence-corrected chi connectivity index (χ2v) is 5.61. The van der Waals surface area contributed by atoms with Crippen LogP contribution in [0.5, 0.6) is 0 Å². The molecule has 1 fully saturated rings. The Kier molecular flexibility index (Phi) is 3.00. The summed E-state index contributed by atoms with van der Waals surface area (Å²) in [6, 6.07) is 10.1. The molecule has 0 unspecified atom stereocenters. The number of halogens is 1. The van der Waals surface area contributed by atoms with Gasteiger partial charge in [-0.3, -0.25) is 4.98 Å². The number of hydrogen-bond donors (Lipinski definition) is 1. The highest BCUT2D eigenvalue weighted by molar-refractivity contribution is 6.35. The van der Waals surface area contributed by atoms with Crippen molar-refractivity contribution in [1.29, 1.82) is 0 Å². The lowest BCUT2D eigenvalue weighted by Crippen LogP contribution is -2.32. The van der Waals surface area contributed by atoms with E-state index in [1.54, 1.807) is 0 Å². The lowest BCUT2D eigenvalue weighted by Gasteiger charge is -2.26. The predicted molar refractivity (Wildman–Crippen MR) is 76.0 cm³/mol. The van der Waals surface area contributed by atoms with Gasteiger partial charge < -0.3 is 5.73 Å². The highest BCUT2D eigenvalue weighted by Gasteiger charge is 2.35. The average Bonchev–Trinajstić information content (AvgIpc) is 2.89. The Labute approximate surface area is 112 Å². The molecular formula is C15H17ClN2. The van der Waals surface area contributed by atoms with Gasteiger partial charge >= 0.3 is 0 Å². The van der Waals surface area contributed by atoms with Gasteiger partial charge in [-0.05, 0) is 25.0 Å². The van der Waals surface area contributed by atoms with E-state index in [-0.39, 0.29) is 5.41 Å². The molecule has 3 rings (SSSR count). The molecule has 1 aliphatic carbocycles. The minimum atomic E-state index is 0.0767. The first-order valence-electron chi connectivity index (χ1n) is 6.51. The van der Waals surface area contributed by atoms with Crippen molar-refractivity contribution in [2.24, 2.45) is 5.73 Å². The first kappa shape index (κ1) is 11.9. The average molecular weight is 261 g/mol. The minimum absolute atomic E-state index is 0.0767. The Morgan fingerprint density at radius 1 is 1.17 bits per heavy atom. The minimum Gasteiger partial charge on any atom is -0.330 e. The first-order valence-corrected chi connectivity index (χ1v) is 6.89. The van der Waals surface area contributed by atoms with Gasteiger partial charge in [0.15, 0.2) is 0 Å². The van der Waals surface area contributed by atoms with Crippen molar-refractivity contribution in [2.45, 2.75) is 31.1 Å². The van der Waals surface area contributed by atoms with Crippen molar-refractivity contribution in [1.82, 2.24) is 4.98 Å². The van der Waals surface area contributed by atoms with Crippen LogP contribution in [0.15, 0.2) is 30.3 Å². The normalized spacial score (nSPS) is 18.3. The fraction of sp³-hybridized carbons (Fsp3) is 0.400. The second-order valence-electron chi connectivity index (χ2n) is 5.20. The summed E-state index contributed by atoms with van der Waals surface area (Å²) in [7, 11) is 0. The highest BCUT2D eigenvalue weighted by Crippen LogP contribution is 2.40. The topological polar surface area (TPSA) is 38.9 Å². The Morgan fingerprint density at radius 2 is 1.94 bits per heavy atom. The Hall–Kier alpha value is -1.12. The third kappa shape index (κ3) is 1.80. The zero-order valence-electron chi connectivity index (χ0n) is 10.3. The van der Waals surface area contributed by atoms with E-state index < -0.39 is 0 Å². The Bertz CT molecular complexity index is 574. The van der Waals surface area contributed by atoms with Gasteiger partial charge in [-0.25, -0.2) is 0 Å². The summed E-state index contributed by atoms with van der Waals surface area (Å²) in [6.07, 6.45) is 4.79. The molecule has 0 bridgehead atoms. The van der Waals surface area contributed by atoms with Crippen LogP contribution in [0.3, 0.4) is 0 Å². The maximum Gasteiger partial charge on any atom is 0.0891 e. The number of aromatic nitrogens is 1. The Balaban J connectivity index is 2.15. The van der Waals surface area contributed by atoms with Crippen LogP contribution in [0.25, 0.3) is 10.9 Å². The lowest BCUT2D eigenvalue weighted by atomic mass is 9.82. The molecule has 0 radical (unpaired) electrons. The van der Waals surface area contributed by atoms with Crippen molar-refractivity contribution in [3.63, 3.8) is 0 Å². The van der Waals surface area contributed by atoms with Crippen LogP contribution in [0.2, 0.25) is 5.02 Å². The van der Waals surface area contributed by atoms with Gasteiger partial charge in [0.05, 0.1) is 10.5 Å². The van der Waals surface area contributed by atoms with E-state index in [2.05, 4.69) is 12.1 Å². The SMILES string of the molecule is NCC1(c2ccc3cccc(Cl)c3n2)CCCC1. The molecule has 3 heteroatoms. The first-order chi connectivity index (χ1) is 8.75. The third-order valence-corrected chi connectivity index (χ3v) is 4.47. The molecule has 1 aliphatic rings. The molecule has 2 nitrogen and oxygen atoms in total. The third-order valence-electron chi connectivity index (χ3n) is 4.17. The summed E-state index contributed by atoms with van der Waals surface area (Å²) >= 11 is 6.23. The van der Waals surface area contributed by atoms with Gasteiger partial charge in [0.25, 0.3) is 0 Å². The van der Waals surface area contributed by atoms with E-state index in [9.17, 15) is 0 Å². The highest BCUT2D eigenvalue weighted by atomic mass is 35.5. The molecule has 0 aliphatic heterocycles. The molecule has 1 saturated carbocycles. The zero-order chi connectivity index (χ0) is 12.6. The number of fused-ring (bicyclic) bond motifs is 1. The molecule has 0 atom stereocenters. The largest absolute Gasteiger partial charge is 0.330 e. The van der Waals surface area contributed by atoms with Crippen molar-refractivity contribution in [2.75, 3.05) is 6.54 Å². The fourth-order valence-electron chi connectivity index (χ4n) is 3.02. The molecule has 2 aromatic rings. The molecule has 0 amide bonds. The van der Waals surface area contributed by atoms with Crippen LogP contribution in [0.1, 0.15) is 31.4 Å². The molecule has 1 aromatic heterocycles. The summed E-state index contributed by atoms with van der Waals surface area (Å²) in [6.45, 7) is 0.677. The molecular weight excluding hydrogens is 244 g/mol. The smallest absolute Gasteiger partial charge is 0.0891 e. The monoisotopic (exact) mass is 260 g/mol. The second kappa shape index (κ2) is 4.52. The zero-order valence-corrected chi connectivity index (χ0v) is 11.1. The van der Waals surface area contributed by atoms with Crippen LogP contribution in [-0.4, -0.2) is 11.5 Å². The van der Waals surface area contributed by atoms with Gasteiger partial charge in [0.2, 0.25) is 0 Å². The number of rotatable bonds is 2. The number of nitrogens with zero attached hydrogens (tertiary/aromatic N) is 1. The summed E-state index contributed by atoms with van der Waals surface area (Å²) in [5.41, 5.74) is 8.10. The van der Waals surface area contributed by atoms with Crippen LogP contribution in [-0.2, 0) is 5.41 Å². The number of benzene rings is 1. The van der Waals surface area contributed by atoms with Gasteiger partial charge in [-0.15, -0.1) is 0 Å². The van der Waals surface area contributed by atoms with Crippen LogP contribution in [0.4, 0.5) is 0 Å². The van der Waals surface area contributed by atoms with E-state index >= 15 is 0 Å². The lowest BCUT2D eigenvalue weighted by molar-refractivity contribution is 0.441. The van der Waals surface area contributed by atoms with Gasteiger partial charge in [-0.1, -0.05) is 42.6 Å². The van der Waals surface area contributed by atoms with E-state index in [4.69, 9.17) is 22.3 Å². The quantitative estimate of drug-likeness (QED) is 0.895. The number of nitrogens with two attached hydrogens (primary N) is 1. The molecule has 94 valence electrons. The van der Waals surface area contributed by atoms with Gasteiger partial charge in [0.1, 0.15) is 0 Å². The molecule has 2 N–H and O–H groups in total.